The van der Waals surface area contributed by atoms with E-state index in [1.165, 1.54) is 148 Å². The second kappa shape index (κ2) is 27.7. The highest BCUT2D eigenvalue weighted by Gasteiger charge is 1.94. The first-order chi connectivity index (χ1) is 14.4. The van der Waals surface area contributed by atoms with Crippen LogP contribution in [0.4, 0.5) is 0 Å². The third kappa shape index (κ3) is 27.7. The standard InChI is InChI=1S/C28H56O/c1-2-3-4-5-6-7-8-9-10-11-12-13-14-15-16-17-18-19-20-21-22-23-24-25-26-27-28-29/h14-15,29H,2-13,16-28H2,1H3/b15-14-. The molecule has 0 aliphatic heterocycles. The van der Waals surface area contributed by atoms with Gasteiger partial charge in [-0.2, -0.15) is 0 Å². The molecule has 0 aliphatic carbocycles. The predicted octanol–water partition coefficient (Wildman–Crippen LogP) is 9.92. The topological polar surface area (TPSA) is 20.2 Å². The van der Waals surface area contributed by atoms with E-state index in [1.807, 2.05) is 0 Å². The zero-order chi connectivity index (χ0) is 21.1. The van der Waals surface area contributed by atoms with Gasteiger partial charge in [-0.1, -0.05) is 141 Å². The predicted molar refractivity (Wildman–Crippen MR) is 133 cm³/mol. The minimum absolute atomic E-state index is 0.370. The van der Waals surface area contributed by atoms with Gasteiger partial charge >= 0.3 is 0 Å². The molecule has 0 aromatic carbocycles. The van der Waals surface area contributed by atoms with Crippen LogP contribution in [0.5, 0.6) is 0 Å². The number of allylic oxidation sites excluding steroid dienone is 2. The van der Waals surface area contributed by atoms with E-state index in [9.17, 15) is 0 Å². The van der Waals surface area contributed by atoms with Gasteiger partial charge in [-0.3, -0.25) is 0 Å². The Balaban J connectivity index is 3.05. The zero-order valence-electron chi connectivity index (χ0n) is 20.3. The molecule has 0 aromatic rings. The van der Waals surface area contributed by atoms with Gasteiger partial charge in [0.15, 0.2) is 0 Å². The molecule has 0 saturated carbocycles. The van der Waals surface area contributed by atoms with Gasteiger partial charge in [0.05, 0.1) is 0 Å². The summed E-state index contributed by atoms with van der Waals surface area (Å²) in [7, 11) is 0. The molecule has 0 spiro atoms. The van der Waals surface area contributed by atoms with E-state index >= 15 is 0 Å². The molecule has 0 unspecified atom stereocenters. The van der Waals surface area contributed by atoms with Crippen molar-refractivity contribution in [3.05, 3.63) is 12.2 Å². The number of aliphatic hydroxyl groups is 1. The molecule has 0 rings (SSSR count). The molecule has 0 amide bonds. The van der Waals surface area contributed by atoms with E-state index in [4.69, 9.17) is 5.11 Å². The van der Waals surface area contributed by atoms with Crippen LogP contribution in [0.15, 0.2) is 12.2 Å². The maximum absolute atomic E-state index is 8.74. The van der Waals surface area contributed by atoms with Crippen LogP contribution in [0.3, 0.4) is 0 Å². The molecule has 29 heavy (non-hydrogen) atoms. The highest BCUT2D eigenvalue weighted by molar-refractivity contribution is 4.81. The average Bonchev–Trinajstić information content (AvgIpc) is 2.74. The van der Waals surface area contributed by atoms with Crippen molar-refractivity contribution in [1.82, 2.24) is 0 Å². The lowest BCUT2D eigenvalue weighted by Crippen LogP contribution is -1.84. The highest BCUT2D eigenvalue weighted by Crippen LogP contribution is 2.13. The van der Waals surface area contributed by atoms with Crippen molar-refractivity contribution in [2.45, 2.75) is 161 Å². The van der Waals surface area contributed by atoms with Crippen LogP contribution >= 0.6 is 0 Å². The van der Waals surface area contributed by atoms with E-state index in [0.29, 0.717) is 6.61 Å². The quantitative estimate of drug-likeness (QED) is 0.118. The summed E-state index contributed by atoms with van der Waals surface area (Å²) in [5, 5.41) is 8.74. The summed E-state index contributed by atoms with van der Waals surface area (Å²) >= 11 is 0. The zero-order valence-corrected chi connectivity index (χ0v) is 20.3. The first kappa shape index (κ1) is 28.7. The van der Waals surface area contributed by atoms with Gasteiger partial charge in [-0.15, -0.1) is 0 Å². The Morgan fingerprint density at radius 2 is 0.655 bits per heavy atom. The minimum Gasteiger partial charge on any atom is -0.396 e. The third-order valence-corrected chi connectivity index (χ3v) is 6.17. The fourth-order valence-electron chi connectivity index (χ4n) is 4.13. The summed E-state index contributed by atoms with van der Waals surface area (Å²) in [5.41, 5.74) is 0. The number of aliphatic hydroxyl groups excluding tert-OH is 1. The van der Waals surface area contributed by atoms with Crippen LogP contribution < -0.4 is 0 Å². The molecule has 0 aliphatic rings. The van der Waals surface area contributed by atoms with Crippen molar-refractivity contribution in [3.63, 3.8) is 0 Å². The van der Waals surface area contributed by atoms with Crippen molar-refractivity contribution in [1.29, 1.82) is 0 Å². The van der Waals surface area contributed by atoms with Gasteiger partial charge in [-0.25, -0.2) is 0 Å². The Bertz CT molecular complexity index is 297. The van der Waals surface area contributed by atoms with Gasteiger partial charge in [-0.05, 0) is 32.1 Å². The Labute approximate surface area is 185 Å². The maximum Gasteiger partial charge on any atom is 0.0431 e. The maximum atomic E-state index is 8.74. The summed E-state index contributed by atoms with van der Waals surface area (Å²) in [5.74, 6) is 0. The molecule has 0 aromatic heterocycles. The number of rotatable bonds is 25. The van der Waals surface area contributed by atoms with Gasteiger partial charge < -0.3 is 5.11 Å². The lowest BCUT2D eigenvalue weighted by atomic mass is 10.0. The summed E-state index contributed by atoms with van der Waals surface area (Å²) in [6.45, 7) is 2.66. The van der Waals surface area contributed by atoms with Gasteiger partial charge in [0.25, 0.3) is 0 Å². The van der Waals surface area contributed by atoms with E-state index < -0.39 is 0 Å². The second-order valence-electron chi connectivity index (χ2n) is 9.20. The number of hydrogen-bond acceptors (Lipinski definition) is 1. The molecule has 1 heteroatoms. The van der Waals surface area contributed by atoms with Crippen LogP contribution in [-0.2, 0) is 0 Å². The molecule has 174 valence electrons. The monoisotopic (exact) mass is 408 g/mol. The molecular formula is C28H56O. The summed E-state index contributed by atoms with van der Waals surface area (Å²) in [4.78, 5) is 0. The molecule has 0 fully saturated rings. The van der Waals surface area contributed by atoms with Crippen LogP contribution in [-0.4, -0.2) is 11.7 Å². The molecule has 1 N–H and O–H groups in total. The Morgan fingerprint density at radius 1 is 0.379 bits per heavy atom. The molecule has 0 bridgehead atoms. The molecule has 0 radical (unpaired) electrons. The smallest absolute Gasteiger partial charge is 0.0431 e. The second-order valence-corrected chi connectivity index (χ2v) is 9.20. The van der Waals surface area contributed by atoms with Crippen LogP contribution in [0, 0.1) is 0 Å². The lowest BCUT2D eigenvalue weighted by Gasteiger charge is -2.02. The van der Waals surface area contributed by atoms with Crippen molar-refractivity contribution in [2.75, 3.05) is 6.61 Å². The molecule has 0 heterocycles. The Morgan fingerprint density at radius 3 is 0.966 bits per heavy atom. The molecule has 1 nitrogen and oxygen atoms in total. The molecular weight excluding hydrogens is 352 g/mol. The van der Waals surface area contributed by atoms with E-state index in [0.717, 1.165) is 6.42 Å². The van der Waals surface area contributed by atoms with Crippen molar-refractivity contribution < 1.29 is 5.11 Å². The highest BCUT2D eigenvalue weighted by atomic mass is 16.2. The van der Waals surface area contributed by atoms with Crippen LogP contribution in [0.2, 0.25) is 0 Å². The van der Waals surface area contributed by atoms with Crippen LogP contribution in [0.1, 0.15) is 161 Å². The molecule has 0 saturated heterocycles. The van der Waals surface area contributed by atoms with Gasteiger partial charge in [0, 0.05) is 6.61 Å². The van der Waals surface area contributed by atoms with Crippen molar-refractivity contribution in [2.24, 2.45) is 0 Å². The van der Waals surface area contributed by atoms with Gasteiger partial charge in [0.1, 0.15) is 0 Å². The first-order valence-corrected chi connectivity index (χ1v) is 13.7. The summed E-state index contributed by atoms with van der Waals surface area (Å²) in [6, 6.07) is 0. The van der Waals surface area contributed by atoms with E-state index in [-0.39, 0.29) is 0 Å². The fourth-order valence-corrected chi connectivity index (χ4v) is 4.13. The Kier molecular flexibility index (Phi) is 27.4. The summed E-state index contributed by atoms with van der Waals surface area (Å²) < 4.78 is 0. The average molecular weight is 409 g/mol. The van der Waals surface area contributed by atoms with Crippen LogP contribution in [0.25, 0.3) is 0 Å². The van der Waals surface area contributed by atoms with E-state index in [1.54, 1.807) is 0 Å². The summed E-state index contributed by atoms with van der Waals surface area (Å²) in [6.07, 6.45) is 38.1. The minimum atomic E-state index is 0.370. The van der Waals surface area contributed by atoms with Crippen molar-refractivity contribution in [3.8, 4) is 0 Å². The third-order valence-electron chi connectivity index (χ3n) is 6.17. The Hall–Kier alpha value is -0.300. The number of hydrogen-bond donors (Lipinski definition) is 1. The number of unbranched alkanes of at least 4 members (excludes halogenated alkanes) is 22. The van der Waals surface area contributed by atoms with Gasteiger partial charge in [0.2, 0.25) is 0 Å². The first-order valence-electron chi connectivity index (χ1n) is 13.7. The largest absolute Gasteiger partial charge is 0.396 e. The lowest BCUT2D eigenvalue weighted by molar-refractivity contribution is 0.282. The van der Waals surface area contributed by atoms with Crippen molar-refractivity contribution >= 4 is 0 Å². The molecule has 0 atom stereocenters. The normalized spacial score (nSPS) is 11.7. The fraction of sp³-hybridized carbons (Fsp3) is 0.929. The van der Waals surface area contributed by atoms with E-state index in [2.05, 4.69) is 19.1 Å². The SMILES string of the molecule is CCCCCCCCCCCCC/C=C\CCCCCCCCCCCCCO.